The third kappa shape index (κ3) is 5.30. The summed E-state index contributed by atoms with van der Waals surface area (Å²) in [5.74, 6) is 0.227. The lowest BCUT2D eigenvalue weighted by Gasteiger charge is -1.98. The van der Waals surface area contributed by atoms with Crippen LogP contribution < -0.4 is 11.5 Å². The van der Waals surface area contributed by atoms with Crippen LogP contribution in [-0.4, -0.2) is 13.2 Å². The first-order chi connectivity index (χ1) is 3.27. The highest BCUT2D eigenvalue weighted by Crippen LogP contribution is 1.76. The van der Waals surface area contributed by atoms with E-state index in [0.29, 0.717) is 13.2 Å². The molecule has 0 aromatic heterocycles. The van der Waals surface area contributed by atoms with Crippen molar-refractivity contribution < 1.29 is 4.74 Å². The molecular formula is C4H10N2O. The molecule has 7 heavy (non-hydrogen) atoms. The Morgan fingerprint density at radius 3 is 2.43 bits per heavy atom. The minimum atomic E-state index is 0.227. The topological polar surface area (TPSA) is 61.3 Å². The average Bonchev–Trinajstić information content (AvgIpc) is 1.61. The third-order valence-corrected chi connectivity index (χ3v) is 0.405. The quantitative estimate of drug-likeness (QED) is 0.467. The fraction of sp³-hybridized carbons (Fsp3) is 0.500. The molecule has 0 atom stereocenters. The van der Waals surface area contributed by atoms with Gasteiger partial charge in [0.15, 0.2) is 5.88 Å². The molecule has 4 N–H and O–H groups in total. The lowest BCUT2D eigenvalue weighted by molar-refractivity contribution is 0.220. The fourth-order valence-electron chi connectivity index (χ4n) is 0.190. The summed E-state index contributed by atoms with van der Waals surface area (Å²) < 4.78 is 4.65. The van der Waals surface area contributed by atoms with Crippen molar-refractivity contribution in [2.75, 3.05) is 13.2 Å². The Balaban J connectivity index is 2.82. The second kappa shape index (κ2) is 3.49. The normalized spacial score (nSPS) is 8.14. The van der Waals surface area contributed by atoms with E-state index in [1.807, 2.05) is 0 Å². The van der Waals surface area contributed by atoms with E-state index < -0.39 is 0 Å². The molecule has 42 valence electrons. The van der Waals surface area contributed by atoms with Gasteiger partial charge in [-0.15, -0.1) is 0 Å². The molecule has 0 bridgehead atoms. The Bertz CT molecular complexity index is 62.7. The highest BCUT2D eigenvalue weighted by Gasteiger charge is 1.79. The summed E-state index contributed by atoms with van der Waals surface area (Å²) in [4.78, 5) is 0. The van der Waals surface area contributed by atoms with Crippen LogP contribution in [0.3, 0.4) is 0 Å². The lowest BCUT2D eigenvalue weighted by Crippen LogP contribution is -2.10. The van der Waals surface area contributed by atoms with E-state index in [1.165, 1.54) is 0 Å². The molecule has 0 saturated carbocycles. The summed E-state index contributed by atoms with van der Waals surface area (Å²) in [6.45, 7) is 4.23. The smallest absolute Gasteiger partial charge is 0.176 e. The number of ether oxygens (including phenoxy) is 1. The molecule has 0 radical (unpaired) electrons. The number of rotatable bonds is 3. The molecule has 0 rings (SSSR count). The van der Waals surface area contributed by atoms with Gasteiger partial charge in [-0.3, -0.25) is 0 Å². The Morgan fingerprint density at radius 1 is 1.71 bits per heavy atom. The van der Waals surface area contributed by atoms with E-state index in [-0.39, 0.29) is 5.88 Å². The van der Waals surface area contributed by atoms with Gasteiger partial charge >= 0.3 is 0 Å². The molecule has 0 aromatic rings. The Morgan fingerprint density at radius 2 is 2.29 bits per heavy atom. The van der Waals surface area contributed by atoms with Crippen LogP contribution in [0.5, 0.6) is 0 Å². The van der Waals surface area contributed by atoms with Gasteiger partial charge in [0.05, 0.1) is 0 Å². The minimum Gasteiger partial charge on any atom is -0.479 e. The predicted octanol–water partition coefficient (Wildman–Crippen LogP) is -0.608. The zero-order valence-corrected chi connectivity index (χ0v) is 4.18. The van der Waals surface area contributed by atoms with Crippen molar-refractivity contribution in [1.29, 1.82) is 0 Å². The molecule has 0 amide bonds. The molecule has 3 nitrogen and oxygen atoms in total. The van der Waals surface area contributed by atoms with Gasteiger partial charge in [-0.05, 0) is 6.58 Å². The average molecular weight is 102 g/mol. The summed E-state index contributed by atoms with van der Waals surface area (Å²) in [6.07, 6.45) is 0. The molecule has 3 heteroatoms. The molecule has 0 aliphatic carbocycles. The molecule has 0 aliphatic rings. The van der Waals surface area contributed by atoms with Gasteiger partial charge in [-0.1, -0.05) is 0 Å². The molecule has 0 aliphatic heterocycles. The number of nitrogens with two attached hydrogens (primary N) is 2. The molecule has 0 heterocycles. The van der Waals surface area contributed by atoms with Gasteiger partial charge in [-0.2, -0.15) is 0 Å². The summed E-state index contributed by atoms with van der Waals surface area (Å²) in [5, 5.41) is 0. The van der Waals surface area contributed by atoms with Crippen LogP contribution >= 0.6 is 0 Å². The Labute approximate surface area is 42.9 Å². The monoisotopic (exact) mass is 102 g/mol. The number of hydrogen-bond donors (Lipinski definition) is 2. The van der Waals surface area contributed by atoms with Crippen molar-refractivity contribution in [3.8, 4) is 0 Å². The van der Waals surface area contributed by atoms with E-state index in [4.69, 9.17) is 11.5 Å². The van der Waals surface area contributed by atoms with Gasteiger partial charge in [-0.25, -0.2) is 0 Å². The van der Waals surface area contributed by atoms with Crippen molar-refractivity contribution in [3.63, 3.8) is 0 Å². The van der Waals surface area contributed by atoms with Crippen molar-refractivity contribution in [2.45, 2.75) is 0 Å². The Kier molecular flexibility index (Phi) is 3.14. The molecule has 0 aromatic carbocycles. The lowest BCUT2D eigenvalue weighted by atomic mass is 10.7. The first-order valence-electron chi connectivity index (χ1n) is 2.04. The maximum absolute atomic E-state index is 5.06. The number of hydrogen-bond acceptors (Lipinski definition) is 3. The van der Waals surface area contributed by atoms with Crippen LogP contribution in [0, 0.1) is 0 Å². The molecular weight excluding hydrogens is 92.1 g/mol. The van der Waals surface area contributed by atoms with E-state index >= 15 is 0 Å². The maximum atomic E-state index is 5.06. The first kappa shape index (κ1) is 6.30. The van der Waals surface area contributed by atoms with E-state index in [0.717, 1.165) is 0 Å². The Hall–Kier alpha value is -0.700. The maximum Gasteiger partial charge on any atom is 0.176 e. The summed E-state index contributed by atoms with van der Waals surface area (Å²) >= 11 is 0. The van der Waals surface area contributed by atoms with E-state index in [1.54, 1.807) is 0 Å². The minimum absolute atomic E-state index is 0.227. The van der Waals surface area contributed by atoms with Crippen LogP contribution in [0.4, 0.5) is 0 Å². The standard InChI is InChI=1S/C4H10N2O/c1-4(6)7-3-2-5/h1-3,5-6H2. The van der Waals surface area contributed by atoms with Crippen LogP contribution in [0.15, 0.2) is 12.5 Å². The van der Waals surface area contributed by atoms with Crippen molar-refractivity contribution >= 4 is 0 Å². The van der Waals surface area contributed by atoms with Crippen LogP contribution in [-0.2, 0) is 4.74 Å². The molecule has 0 spiro atoms. The van der Waals surface area contributed by atoms with Crippen LogP contribution in [0.1, 0.15) is 0 Å². The van der Waals surface area contributed by atoms with Crippen molar-refractivity contribution in [1.82, 2.24) is 0 Å². The second-order valence-corrected chi connectivity index (χ2v) is 1.10. The second-order valence-electron chi connectivity index (χ2n) is 1.10. The van der Waals surface area contributed by atoms with Gasteiger partial charge < -0.3 is 16.2 Å². The largest absolute Gasteiger partial charge is 0.479 e. The molecule has 0 unspecified atom stereocenters. The van der Waals surface area contributed by atoms with Crippen molar-refractivity contribution in [2.24, 2.45) is 11.5 Å². The highest BCUT2D eigenvalue weighted by atomic mass is 16.5. The highest BCUT2D eigenvalue weighted by molar-refractivity contribution is 4.70. The zero-order chi connectivity index (χ0) is 5.70. The van der Waals surface area contributed by atoms with Crippen LogP contribution in [0.25, 0.3) is 0 Å². The van der Waals surface area contributed by atoms with E-state index in [9.17, 15) is 0 Å². The van der Waals surface area contributed by atoms with Gasteiger partial charge in [0, 0.05) is 6.54 Å². The fourth-order valence-corrected chi connectivity index (χ4v) is 0.190. The van der Waals surface area contributed by atoms with Crippen molar-refractivity contribution in [3.05, 3.63) is 12.5 Å². The first-order valence-corrected chi connectivity index (χ1v) is 2.04. The molecule has 0 fully saturated rings. The van der Waals surface area contributed by atoms with Gasteiger partial charge in [0.25, 0.3) is 0 Å². The van der Waals surface area contributed by atoms with Gasteiger partial charge in [0.2, 0.25) is 0 Å². The predicted molar refractivity (Wildman–Crippen MR) is 28.3 cm³/mol. The summed E-state index contributed by atoms with van der Waals surface area (Å²) in [6, 6.07) is 0. The zero-order valence-electron chi connectivity index (χ0n) is 4.18. The van der Waals surface area contributed by atoms with Gasteiger partial charge in [0.1, 0.15) is 6.61 Å². The third-order valence-electron chi connectivity index (χ3n) is 0.405. The SMILES string of the molecule is C=C(N)OCCN. The summed E-state index contributed by atoms with van der Waals surface area (Å²) in [7, 11) is 0. The molecule has 0 saturated heterocycles. The van der Waals surface area contributed by atoms with Crippen LogP contribution in [0.2, 0.25) is 0 Å². The van der Waals surface area contributed by atoms with E-state index in [2.05, 4.69) is 11.3 Å². The summed E-state index contributed by atoms with van der Waals surface area (Å²) in [5.41, 5.74) is 10.1.